The fraction of sp³-hybridized carbons (Fsp3) is 0.500. The van der Waals surface area contributed by atoms with E-state index in [9.17, 15) is 14.4 Å². The molecule has 0 fully saturated rings. The lowest BCUT2D eigenvalue weighted by atomic mass is 9.98. The number of aliphatic hydroxyl groups is 1. The van der Waals surface area contributed by atoms with Crippen LogP contribution in [0.5, 0.6) is 11.5 Å². The number of benzene rings is 1. The van der Waals surface area contributed by atoms with E-state index in [0.717, 1.165) is 0 Å². The van der Waals surface area contributed by atoms with Crippen molar-refractivity contribution < 1.29 is 24.2 Å². The largest absolute Gasteiger partial charge is 0.493 e. The standard InChI is InChI=1S/C20H28N4O6/c1-5-12(2)18(19(27)21-6-7-25)23-17(26)10-24-11-22-14-9-16(30-4)15(29-3)8-13(14)20(24)28/h8-9,11-12,18,25H,5-7,10H2,1-4H3,(H,21,27)(H,23,26)/t12-,18+/m1/s1. The van der Waals surface area contributed by atoms with Crippen LogP contribution < -0.4 is 25.7 Å². The number of rotatable bonds is 10. The lowest BCUT2D eigenvalue weighted by Gasteiger charge is -2.23. The zero-order valence-electron chi connectivity index (χ0n) is 17.6. The van der Waals surface area contributed by atoms with Crippen LogP contribution in [0.15, 0.2) is 23.3 Å². The second-order valence-electron chi connectivity index (χ2n) is 6.85. The topological polar surface area (TPSA) is 132 Å². The molecular weight excluding hydrogens is 392 g/mol. The molecule has 1 aromatic heterocycles. The van der Waals surface area contributed by atoms with Crippen LogP contribution in [0.25, 0.3) is 10.9 Å². The van der Waals surface area contributed by atoms with Gasteiger partial charge in [0.1, 0.15) is 12.6 Å². The Morgan fingerprint density at radius 2 is 1.90 bits per heavy atom. The number of fused-ring (bicyclic) bond motifs is 1. The van der Waals surface area contributed by atoms with E-state index in [2.05, 4.69) is 15.6 Å². The number of aromatic nitrogens is 2. The van der Waals surface area contributed by atoms with Gasteiger partial charge in [-0.2, -0.15) is 0 Å². The Hall–Kier alpha value is -3.14. The minimum Gasteiger partial charge on any atom is -0.493 e. The van der Waals surface area contributed by atoms with Gasteiger partial charge in [-0.1, -0.05) is 20.3 Å². The molecule has 30 heavy (non-hydrogen) atoms. The number of aliphatic hydroxyl groups excluding tert-OH is 1. The predicted molar refractivity (Wildman–Crippen MR) is 111 cm³/mol. The van der Waals surface area contributed by atoms with E-state index in [0.29, 0.717) is 23.4 Å². The molecular formula is C20H28N4O6. The highest BCUT2D eigenvalue weighted by Crippen LogP contribution is 2.29. The molecule has 2 rings (SSSR count). The van der Waals surface area contributed by atoms with E-state index in [-0.39, 0.29) is 36.9 Å². The molecule has 0 unspecified atom stereocenters. The number of hydrogen-bond donors (Lipinski definition) is 3. The summed E-state index contributed by atoms with van der Waals surface area (Å²) in [6.07, 6.45) is 1.94. The molecule has 1 heterocycles. The van der Waals surface area contributed by atoms with Crippen LogP contribution in [0.2, 0.25) is 0 Å². The summed E-state index contributed by atoms with van der Waals surface area (Å²) in [5, 5.41) is 14.4. The van der Waals surface area contributed by atoms with Crippen molar-refractivity contribution in [1.29, 1.82) is 0 Å². The van der Waals surface area contributed by atoms with Gasteiger partial charge in [-0.25, -0.2) is 4.98 Å². The van der Waals surface area contributed by atoms with E-state index >= 15 is 0 Å². The summed E-state index contributed by atoms with van der Waals surface area (Å²) in [6, 6.07) is 2.33. The van der Waals surface area contributed by atoms with Crippen molar-refractivity contribution in [1.82, 2.24) is 20.2 Å². The minimum atomic E-state index is -0.775. The molecule has 2 amide bonds. The average Bonchev–Trinajstić information content (AvgIpc) is 2.76. The first kappa shape index (κ1) is 23.1. The Kier molecular flexibility index (Phi) is 8.16. The molecule has 0 saturated heterocycles. The van der Waals surface area contributed by atoms with Gasteiger partial charge < -0.3 is 25.2 Å². The Morgan fingerprint density at radius 3 is 2.50 bits per heavy atom. The molecule has 0 saturated carbocycles. The molecule has 0 radical (unpaired) electrons. The van der Waals surface area contributed by atoms with Gasteiger partial charge >= 0.3 is 0 Å². The van der Waals surface area contributed by atoms with Crippen LogP contribution in [0.4, 0.5) is 0 Å². The van der Waals surface area contributed by atoms with Crippen molar-refractivity contribution in [2.75, 3.05) is 27.4 Å². The summed E-state index contributed by atoms with van der Waals surface area (Å²) in [5.74, 6) is -0.187. The lowest BCUT2D eigenvalue weighted by molar-refractivity contribution is -0.130. The summed E-state index contributed by atoms with van der Waals surface area (Å²) in [5.41, 5.74) is -0.00361. The fourth-order valence-electron chi connectivity index (χ4n) is 2.96. The summed E-state index contributed by atoms with van der Waals surface area (Å²) >= 11 is 0. The molecule has 2 atom stereocenters. The lowest BCUT2D eigenvalue weighted by Crippen LogP contribution is -2.51. The first-order valence-corrected chi connectivity index (χ1v) is 9.65. The summed E-state index contributed by atoms with van der Waals surface area (Å²) in [6.45, 7) is 3.35. The zero-order chi connectivity index (χ0) is 22.3. The van der Waals surface area contributed by atoms with Crippen molar-refractivity contribution in [3.8, 4) is 11.5 Å². The highest BCUT2D eigenvalue weighted by Gasteiger charge is 2.25. The molecule has 10 nitrogen and oxygen atoms in total. The van der Waals surface area contributed by atoms with E-state index in [1.54, 1.807) is 6.07 Å². The third kappa shape index (κ3) is 5.26. The Morgan fingerprint density at radius 1 is 1.23 bits per heavy atom. The number of ether oxygens (including phenoxy) is 2. The number of carbonyl (C=O) groups is 2. The van der Waals surface area contributed by atoms with Crippen LogP contribution >= 0.6 is 0 Å². The molecule has 0 spiro atoms. The van der Waals surface area contributed by atoms with Gasteiger partial charge in [0.25, 0.3) is 5.56 Å². The zero-order valence-corrected chi connectivity index (χ0v) is 17.6. The normalized spacial score (nSPS) is 12.8. The summed E-state index contributed by atoms with van der Waals surface area (Å²) in [4.78, 5) is 41.9. The maximum atomic E-state index is 12.8. The van der Waals surface area contributed by atoms with Gasteiger partial charge in [0.2, 0.25) is 11.8 Å². The fourth-order valence-corrected chi connectivity index (χ4v) is 2.96. The molecule has 0 aliphatic rings. The monoisotopic (exact) mass is 420 g/mol. The van der Waals surface area contributed by atoms with E-state index in [4.69, 9.17) is 14.6 Å². The van der Waals surface area contributed by atoms with Crippen molar-refractivity contribution in [2.45, 2.75) is 32.9 Å². The van der Waals surface area contributed by atoms with Gasteiger partial charge in [-0.05, 0) is 12.0 Å². The highest BCUT2D eigenvalue weighted by atomic mass is 16.5. The summed E-state index contributed by atoms with van der Waals surface area (Å²) < 4.78 is 11.6. The predicted octanol–water partition coefficient (Wildman–Crippen LogP) is 0.0531. The molecule has 0 aliphatic carbocycles. The third-order valence-corrected chi connectivity index (χ3v) is 4.87. The maximum Gasteiger partial charge on any atom is 0.261 e. The van der Waals surface area contributed by atoms with Crippen molar-refractivity contribution in [2.24, 2.45) is 5.92 Å². The van der Waals surface area contributed by atoms with Crippen LogP contribution in [0.3, 0.4) is 0 Å². The summed E-state index contributed by atoms with van der Waals surface area (Å²) in [7, 11) is 2.95. The molecule has 0 bridgehead atoms. The van der Waals surface area contributed by atoms with Gasteiger partial charge in [0, 0.05) is 12.6 Å². The second-order valence-corrected chi connectivity index (χ2v) is 6.85. The van der Waals surface area contributed by atoms with Gasteiger partial charge in [0.15, 0.2) is 11.5 Å². The minimum absolute atomic E-state index is 0.0982. The van der Waals surface area contributed by atoms with Crippen molar-refractivity contribution >= 4 is 22.7 Å². The first-order valence-electron chi connectivity index (χ1n) is 9.65. The number of amides is 2. The van der Waals surface area contributed by atoms with Crippen LogP contribution in [-0.2, 0) is 16.1 Å². The van der Waals surface area contributed by atoms with Gasteiger partial charge in [0.05, 0.1) is 38.1 Å². The van der Waals surface area contributed by atoms with Gasteiger partial charge in [-0.15, -0.1) is 0 Å². The average molecular weight is 420 g/mol. The van der Waals surface area contributed by atoms with E-state index < -0.39 is 17.5 Å². The smallest absolute Gasteiger partial charge is 0.261 e. The number of nitrogens with zero attached hydrogens (tertiary/aromatic N) is 2. The third-order valence-electron chi connectivity index (χ3n) is 4.87. The Balaban J connectivity index is 2.25. The molecule has 164 valence electrons. The van der Waals surface area contributed by atoms with Gasteiger partial charge in [-0.3, -0.25) is 19.0 Å². The maximum absolute atomic E-state index is 12.8. The number of hydrogen-bond acceptors (Lipinski definition) is 7. The van der Waals surface area contributed by atoms with E-state index in [1.807, 2.05) is 13.8 Å². The Labute approximate surface area is 174 Å². The second kappa shape index (κ2) is 10.6. The Bertz CT molecular complexity index is 958. The highest BCUT2D eigenvalue weighted by molar-refractivity contribution is 5.88. The van der Waals surface area contributed by atoms with Crippen molar-refractivity contribution in [3.05, 3.63) is 28.8 Å². The quantitative estimate of drug-likeness (QED) is 0.495. The number of methoxy groups -OCH3 is 2. The van der Waals surface area contributed by atoms with Crippen molar-refractivity contribution in [3.63, 3.8) is 0 Å². The molecule has 2 aromatic rings. The molecule has 3 N–H and O–H groups in total. The first-order chi connectivity index (χ1) is 14.4. The van der Waals surface area contributed by atoms with Crippen LogP contribution in [0, 0.1) is 5.92 Å². The van der Waals surface area contributed by atoms with Crippen LogP contribution in [-0.4, -0.2) is 59.9 Å². The molecule has 0 aliphatic heterocycles. The van der Waals surface area contributed by atoms with Crippen LogP contribution in [0.1, 0.15) is 20.3 Å². The van der Waals surface area contributed by atoms with E-state index in [1.165, 1.54) is 31.2 Å². The number of carbonyl (C=O) groups excluding carboxylic acids is 2. The molecule has 1 aromatic carbocycles. The molecule has 10 heteroatoms. The SMILES string of the molecule is CC[C@@H](C)[C@H](NC(=O)Cn1cnc2cc(OC)c(OC)cc2c1=O)C(=O)NCCO. The number of nitrogens with one attached hydrogen (secondary N) is 2.